The molecule has 0 radical (unpaired) electrons. The molecule has 0 aliphatic heterocycles. The summed E-state index contributed by atoms with van der Waals surface area (Å²) in [6.07, 6.45) is 4.12. The first-order valence-corrected chi connectivity index (χ1v) is 7.20. The van der Waals surface area contributed by atoms with E-state index >= 15 is 0 Å². The monoisotopic (exact) mass is 280 g/mol. The summed E-state index contributed by atoms with van der Waals surface area (Å²) >= 11 is 5.96. The molecule has 19 heavy (non-hydrogen) atoms. The van der Waals surface area contributed by atoms with E-state index in [1.807, 2.05) is 31.3 Å². The van der Waals surface area contributed by atoms with E-state index in [2.05, 4.69) is 0 Å². The maximum absolute atomic E-state index is 12.4. The van der Waals surface area contributed by atoms with E-state index < -0.39 is 0 Å². The molecule has 2 atom stereocenters. The van der Waals surface area contributed by atoms with Crippen molar-refractivity contribution < 1.29 is 4.79 Å². The molecule has 0 heterocycles. The van der Waals surface area contributed by atoms with E-state index in [9.17, 15) is 4.79 Å². The van der Waals surface area contributed by atoms with E-state index in [1.165, 1.54) is 0 Å². The van der Waals surface area contributed by atoms with Gasteiger partial charge in [0.2, 0.25) is 5.91 Å². The molecule has 3 nitrogen and oxygen atoms in total. The first-order valence-electron chi connectivity index (χ1n) is 6.83. The van der Waals surface area contributed by atoms with Gasteiger partial charge < -0.3 is 10.6 Å². The lowest BCUT2D eigenvalue weighted by Crippen LogP contribution is -2.44. The van der Waals surface area contributed by atoms with Gasteiger partial charge in [0.15, 0.2) is 0 Å². The average Bonchev–Trinajstić information content (AvgIpc) is 2.38. The van der Waals surface area contributed by atoms with Crippen LogP contribution < -0.4 is 5.73 Å². The van der Waals surface area contributed by atoms with E-state index in [-0.39, 0.29) is 17.9 Å². The molecule has 0 aromatic heterocycles. The van der Waals surface area contributed by atoms with Crippen molar-refractivity contribution in [3.63, 3.8) is 0 Å². The summed E-state index contributed by atoms with van der Waals surface area (Å²) in [5.74, 6) is 0.144. The molecule has 0 bridgehead atoms. The molecule has 4 heteroatoms. The van der Waals surface area contributed by atoms with Crippen molar-refractivity contribution >= 4 is 17.5 Å². The first-order chi connectivity index (χ1) is 9.08. The Hall–Kier alpha value is -1.06. The first kappa shape index (κ1) is 14.4. The lowest BCUT2D eigenvalue weighted by molar-refractivity contribution is -0.136. The number of hydrogen-bond donors (Lipinski definition) is 1. The van der Waals surface area contributed by atoms with Crippen molar-refractivity contribution in [2.45, 2.75) is 38.3 Å². The fourth-order valence-electron chi connectivity index (χ4n) is 2.74. The van der Waals surface area contributed by atoms with Crippen molar-refractivity contribution in [2.24, 2.45) is 11.7 Å². The Morgan fingerprint density at radius 3 is 2.84 bits per heavy atom. The van der Waals surface area contributed by atoms with Crippen LogP contribution in [0.3, 0.4) is 0 Å². The molecule has 1 aromatic rings. The van der Waals surface area contributed by atoms with E-state index in [0.717, 1.165) is 31.2 Å². The second kappa shape index (κ2) is 6.40. The van der Waals surface area contributed by atoms with Crippen LogP contribution in [-0.4, -0.2) is 23.9 Å². The highest BCUT2D eigenvalue weighted by molar-refractivity contribution is 6.30. The van der Waals surface area contributed by atoms with Gasteiger partial charge in [-0.2, -0.15) is 0 Å². The minimum absolute atomic E-state index is 0.0158. The average molecular weight is 281 g/mol. The van der Waals surface area contributed by atoms with Gasteiger partial charge in [-0.3, -0.25) is 4.79 Å². The Labute approximate surface area is 119 Å². The smallest absolute Gasteiger partial charge is 0.227 e. The van der Waals surface area contributed by atoms with Crippen LogP contribution in [0.25, 0.3) is 0 Å². The molecule has 1 fully saturated rings. The molecule has 1 amide bonds. The Bertz CT molecular complexity index is 450. The Morgan fingerprint density at radius 2 is 2.16 bits per heavy atom. The lowest BCUT2D eigenvalue weighted by Gasteiger charge is -2.31. The molecule has 1 aromatic carbocycles. The van der Waals surface area contributed by atoms with Crippen LogP contribution in [0.5, 0.6) is 0 Å². The predicted octanol–water partition coefficient (Wildman–Crippen LogP) is 2.82. The van der Waals surface area contributed by atoms with Gasteiger partial charge in [-0.25, -0.2) is 0 Å². The zero-order chi connectivity index (χ0) is 13.8. The standard InChI is InChI=1S/C15H21ClN2O/c1-18(10-11-5-4-6-12(16)9-11)15(19)13-7-2-3-8-14(13)17/h4-6,9,13-14H,2-3,7-8,10,17H2,1H3. The van der Waals surface area contributed by atoms with Crippen molar-refractivity contribution in [1.82, 2.24) is 4.90 Å². The van der Waals surface area contributed by atoms with Gasteiger partial charge in [0.05, 0.1) is 5.92 Å². The van der Waals surface area contributed by atoms with Gasteiger partial charge in [0.25, 0.3) is 0 Å². The van der Waals surface area contributed by atoms with E-state index in [0.29, 0.717) is 11.6 Å². The summed E-state index contributed by atoms with van der Waals surface area (Å²) in [7, 11) is 1.84. The highest BCUT2D eigenvalue weighted by Crippen LogP contribution is 2.25. The van der Waals surface area contributed by atoms with E-state index in [4.69, 9.17) is 17.3 Å². The largest absolute Gasteiger partial charge is 0.341 e. The molecule has 1 aliphatic carbocycles. The van der Waals surface area contributed by atoms with Crippen LogP contribution in [0.2, 0.25) is 5.02 Å². The molecule has 2 N–H and O–H groups in total. The summed E-state index contributed by atoms with van der Waals surface area (Å²) in [5.41, 5.74) is 7.12. The third kappa shape index (κ3) is 3.71. The molecular weight excluding hydrogens is 260 g/mol. The molecule has 1 saturated carbocycles. The summed E-state index contributed by atoms with van der Waals surface area (Å²) < 4.78 is 0. The molecule has 2 unspecified atom stereocenters. The number of hydrogen-bond acceptors (Lipinski definition) is 2. The molecule has 0 saturated heterocycles. The normalized spacial score (nSPS) is 23.1. The predicted molar refractivity (Wildman–Crippen MR) is 77.9 cm³/mol. The second-order valence-electron chi connectivity index (χ2n) is 5.38. The Balaban J connectivity index is 1.99. The second-order valence-corrected chi connectivity index (χ2v) is 5.82. The quantitative estimate of drug-likeness (QED) is 0.925. The molecule has 1 aliphatic rings. The molecule has 104 valence electrons. The Kier molecular flexibility index (Phi) is 4.83. The number of benzene rings is 1. The van der Waals surface area contributed by atoms with Crippen LogP contribution in [-0.2, 0) is 11.3 Å². The number of rotatable bonds is 3. The zero-order valence-electron chi connectivity index (χ0n) is 11.3. The SMILES string of the molecule is CN(Cc1cccc(Cl)c1)C(=O)C1CCCCC1N. The van der Waals surface area contributed by atoms with Crippen LogP contribution in [0.4, 0.5) is 0 Å². The number of carbonyl (C=O) groups excluding carboxylic acids is 1. The highest BCUT2D eigenvalue weighted by Gasteiger charge is 2.30. The van der Waals surface area contributed by atoms with Gasteiger partial charge >= 0.3 is 0 Å². The minimum Gasteiger partial charge on any atom is -0.341 e. The summed E-state index contributed by atoms with van der Waals surface area (Å²) in [6.45, 7) is 0.586. The third-order valence-corrected chi connectivity index (χ3v) is 4.06. The Morgan fingerprint density at radius 1 is 1.42 bits per heavy atom. The molecule has 0 spiro atoms. The van der Waals surface area contributed by atoms with Gasteiger partial charge in [-0.05, 0) is 30.5 Å². The van der Waals surface area contributed by atoms with Gasteiger partial charge in [-0.15, -0.1) is 0 Å². The molecular formula is C15H21ClN2O. The zero-order valence-corrected chi connectivity index (χ0v) is 12.1. The van der Waals surface area contributed by atoms with Gasteiger partial charge in [-0.1, -0.05) is 36.6 Å². The van der Waals surface area contributed by atoms with Crippen LogP contribution in [0, 0.1) is 5.92 Å². The van der Waals surface area contributed by atoms with Gasteiger partial charge in [0.1, 0.15) is 0 Å². The van der Waals surface area contributed by atoms with Crippen molar-refractivity contribution in [3.05, 3.63) is 34.9 Å². The van der Waals surface area contributed by atoms with Crippen LogP contribution in [0.1, 0.15) is 31.2 Å². The third-order valence-electron chi connectivity index (χ3n) is 3.82. The number of amides is 1. The highest BCUT2D eigenvalue weighted by atomic mass is 35.5. The topological polar surface area (TPSA) is 46.3 Å². The van der Waals surface area contributed by atoms with Crippen LogP contribution in [0.15, 0.2) is 24.3 Å². The van der Waals surface area contributed by atoms with E-state index in [1.54, 1.807) is 4.90 Å². The summed E-state index contributed by atoms with van der Waals surface area (Å²) in [6, 6.07) is 7.64. The summed E-state index contributed by atoms with van der Waals surface area (Å²) in [4.78, 5) is 14.2. The van der Waals surface area contributed by atoms with Crippen molar-refractivity contribution in [2.75, 3.05) is 7.05 Å². The maximum atomic E-state index is 12.4. The summed E-state index contributed by atoms with van der Waals surface area (Å²) in [5, 5.41) is 0.702. The number of halogens is 1. The number of nitrogens with two attached hydrogens (primary N) is 1. The van der Waals surface area contributed by atoms with Crippen molar-refractivity contribution in [3.8, 4) is 0 Å². The minimum atomic E-state index is -0.0158. The maximum Gasteiger partial charge on any atom is 0.227 e. The van der Waals surface area contributed by atoms with Gasteiger partial charge in [0, 0.05) is 24.7 Å². The fourth-order valence-corrected chi connectivity index (χ4v) is 2.95. The fraction of sp³-hybridized carbons (Fsp3) is 0.533. The van der Waals surface area contributed by atoms with Crippen molar-refractivity contribution in [1.29, 1.82) is 0 Å². The van der Waals surface area contributed by atoms with Crippen LogP contribution >= 0.6 is 11.6 Å². The lowest BCUT2D eigenvalue weighted by atomic mass is 9.84. The number of nitrogens with zero attached hydrogens (tertiary/aromatic N) is 1. The molecule has 2 rings (SSSR count). The number of carbonyl (C=O) groups is 1.